The van der Waals surface area contributed by atoms with Crippen molar-refractivity contribution in [1.29, 1.82) is 0 Å². The molecule has 18 heavy (non-hydrogen) atoms. The zero-order valence-corrected chi connectivity index (χ0v) is 11.1. The Labute approximate surface area is 113 Å². The van der Waals surface area contributed by atoms with E-state index in [0.717, 1.165) is 12.8 Å². The lowest BCUT2D eigenvalue weighted by Gasteiger charge is -1.94. The fourth-order valence-electron chi connectivity index (χ4n) is 1.54. The van der Waals surface area contributed by atoms with Gasteiger partial charge in [-0.2, -0.15) is 0 Å². The van der Waals surface area contributed by atoms with Gasteiger partial charge in [-0.1, -0.05) is 81.4 Å². The van der Waals surface area contributed by atoms with Gasteiger partial charge in [0.15, 0.2) is 0 Å². The van der Waals surface area contributed by atoms with Crippen LogP contribution >= 0.6 is 0 Å². The normalized spacial score (nSPS) is 8.83. The molecule has 0 nitrogen and oxygen atoms in total. The first-order chi connectivity index (χ1) is 8.26. The minimum absolute atomic E-state index is 0. The Morgan fingerprint density at radius 1 is 0.667 bits per heavy atom. The third-order valence-electron chi connectivity index (χ3n) is 2.78. The molecule has 0 radical (unpaired) electrons. The molecule has 98 valence electrons. The van der Waals surface area contributed by atoms with Crippen molar-refractivity contribution < 1.29 is 0 Å². The summed E-state index contributed by atoms with van der Waals surface area (Å²) < 4.78 is 0. The summed E-state index contributed by atoms with van der Waals surface area (Å²) in [5, 5.41) is 0. The second-order valence-corrected chi connectivity index (χ2v) is 4.18. The van der Waals surface area contributed by atoms with Gasteiger partial charge in [0.05, 0.1) is 0 Å². The number of hydrogen-bond acceptors (Lipinski definition) is 0. The lowest BCUT2D eigenvalue weighted by Crippen LogP contribution is -1.77. The van der Waals surface area contributed by atoms with Crippen molar-refractivity contribution in [3.8, 4) is 0 Å². The third kappa shape index (κ3) is 6.24. The van der Waals surface area contributed by atoms with Crippen molar-refractivity contribution in [2.75, 3.05) is 0 Å². The lowest BCUT2D eigenvalue weighted by atomic mass is 10.1. The van der Waals surface area contributed by atoms with Crippen LogP contribution in [-0.2, 0) is 12.8 Å². The van der Waals surface area contributed by atoms with E-state index in [2.05, 4.69) is 69.3 Å². The highest BCUT2D eigenvalue weighted by molar-refractivity contribution is 5.20. The molecule has 0 heteroatoms. The molecule has 0 amide bonds. The Balaban J connectivity index is 0.000000306. The van der Waals surface area contributed by atoms with Crippen molar-refractivity contribution in [2.24, 2.45) is 0 Å². The van der Waals surface area contributed by atoms with E-state index in [1.165, 1.54) is 16.7 Å². The van der Waals surface area contributed by atoms with Crippen molar-refractivity contribution >= 4 is 0 Å². The minimum Gasteiger partial charge on any atom is -0.0776 e. The minimum atomic E-state index is 0. The molecule has 0 fully saturated rings. The van der Waals surface area contributed by atoms with E-state index in [1.54, 1.807) is 0 Å². The Bertz CT molecular complexity index is 398. The van der Waals surface area contributed by atoms with Crippen LogP contribution in [0.25, 0.3) is 0 Å². The second kappa shape index (κ2) is 9.47. The zero-order valence-electron chi connectivity index (χ0n) is 11.1. The molecule has 0 unspecified atom stereocenters. The van der Waals surface area contributed by atoms with Crippen LogP contribution in [0.1, 0.15) is 38.0 Å². The van der Waals surface area contributed by atoms with E-state index in [9.17, 15) is 0 Å². The molecular formula is C18H26. The molecule has 0 atom stereocenters. The summed E-state index contributed by atoms with van der Waals surface area (Å²) in [6.07, 6.45) is 2.28. The summed E-state index contributed by atoms with van der Waals surface area (Å²) in [7, 11) is 0. The highest BCUT2D eigenvalue weighted by atomic mass is 13.9. The molecule has 0 aliphatic heterocycles. The quantitative estimate of drug-likeness (QED) is 0.657. The van der Waals surface area contributed by atoms with Crippen molar-refractivity contribution in [2.45, 2.75) is 41.0 Å². The highest BCUT2D eigenvalue weighted by Gasteiger charge is 1.84. The number of aryl methyl sites for hydroxylation is 3. The first-order valence-corrected chi connectivity index (χ1v) is 6.35. The molecule has 0 saturated carbocycles. The van der Waals surface area contributed by atoms with Gasteiger partial charge in [-0.25, -0.2) is 0 Å². The summed E-state index contributed by atoms with van der Waals surface area (Å²) in [5.41, 5.74) is 4.17. The summed E-state index contributed by atoms with van der Waals surface area (Å²) in [6.45, 7) is 6.44. The van der Waals surface area contributed by atoms with E-state index in [0.29, 0.717) is 0 Å². The smallest absolute Gasteiger partial charge is 0.0307 e. The van der Waals surface area contributed by atoms with Gasteiger partial charge in [-0.15, -0.1) is 0 Å². The maximum Gasteiger partial charge on any atom is -0.0307 e. The Morgan fingerprint density at radius 2 is 1.11 bits per heavy atom. The van der Waals surface area contributed by atoms with Gasteiger partial charge < -0.3 is 0 Å². The predicted octanol–water partition coefficient (Wildman–Crippen LogP) is 5.44. The van der Waals surface area contributed by atoms with Gasteiger partial charge in [-0.3, -0.25) is 0 Å². The van der Waals surface area contributed by atoms with Gasteiger partial charge in [0, 0.05) is 0 Å². The fourth-order valence-corrected chi connectivity index (χ4v) is 1.54. The van der Waals surface area contributed by atoms with E-state index in [-0.39, 0.29) is 7.43 Å². The first kappa shape index (κ1) is 16.4. The van der Waals surface area contributed by atoms with Crippen LogP contribution in [0, 0.1) is 6.92 Å². The van der Waals surface area contributed by atoms with Gasteiger partial charge in [0.25, 0.3) is 0 Å². The van der Waals surface area contributed by atoms with Gasteiger partial charge >= 0.3 is 0 Å². The summed E-state index contributed by atoms with van der Waals surface area (Å²) in [4.78, 5) is 0. The number of benzene rings is 2. The van der Waals surface area contributed by atoms with E-state index >= 15 is 0 Å². The van der Waals surface area contributed by atoms with Crippen LogP contribution in [0.2, 0.25) is 0 Å². The topological polar surface area (TPSA) is 0 Å². The van der Waals surface area contributed by atoms with Gasteiger partial charge in [0.1, 0.15) is 0 Å². The molecule has 0 spiro atoms. The lowest BCUT2D eigenvalue weighted by molar-refractivity contribution is 1.14. The standard InChI is InChI=1S/C9H12.C8H10.CH4/c1-3-9-6-4-8(2)5-7-9;1-2-8-6-4-3-5-7-8;/h4-7H,3H2,1-2H3;3-7H,2H2,1H3;1H4. The Morgan fingerprint density at radius 3 is 1.50 bits per heavy atom. The fraction of sp³-hybridized carbons (Fsp3) is 0.333. The monoisotopic (exact) mass is 242 g/mol. The molecule has 2 aromatic carbocycles. The summed E-state index contributed by atoms with van der Waals surface area (Å²) in [6, 6.07) is 19.1. The number of hydrogen-bond donors (Lipinski definition) is 0. The van der Waals surface area contributed by atoms with E-state index < -0.39 is 0 Å². The molecule has 0 aromatic heterocycles. The van der Waals surface area contributed by atoms with Crippen LogP contribution in [0.4, 0.5) is 0 Å². The molecule has 0 N–H and O–H groups in total. The van der Waals surface area contributed by atoms with E-state index in [1.807, 2.05) is 6.07 Å². The Hall–Kier alpha value is -1.56. The van der Waals surface area contributed by atoms with Gasteiger partial charge in [0.2, 0.25) is 0 Å². The molecule has 2 aromatic rings. The number of rotatable bonds is 2. The molecule has 0 aliphatic carbocycles. The van der Waals surface area contributed by atoms with Crippen LogP contribution in [0.15, 0.2) is 54.6 Å². The largest absolute Gasteiger partial charge is 0.0776 e. The zero-order chi connectivity index (χ0) is 12.5. The molecule has 0 heterocycles. The van der Waals surface area contributed by atoms with Crippen molar-refractivity contribution in [1.82, 2.24) is 0 Å². The van der Waals surface area contributed by atoms with Crippen LogP contribution in [-0.4, -0.2) is 0 Å². The SMILES string of the molecule is C.CCc1ccc(C)cc1.CCc1ccccc1. The van der Waals surface area contributed by atoms with E-state index in [4.69, 9.17) is 0 Å². The van der Waals surface area contributed by atoms with Gasteiger partial charge in [-0.05, 0) is 30.9 Å². The van der Waals surface area contributed by atoms with Crippen LogP contribution in [0.3, 0.4) is 0 Å². The molecule has 0 saturated heterocycles. The van der Waals surface area contributed by atoms with Crippen molar-refractivity contribution in [3.63, 3.8) is 0 Å². The second-order valence-electron chi connectivity index (χ2n) is 4.18. The summed E-state index contributed by atoms with van der Waals surface area (Å²) >= 11 is 0. The molecule has 0 bridgehead atoms. The maximum absolute atomic E-state index is 2.18. The maximum atomic E-state index is 2.18. The first-order valence-electron chi connectivity index (χ1n) is 6.35. The molecule has 0 aliphatic rings. The molecule has 2 rings (SSSR count). The summed E-state index contributed by atoms with van der Waals surface area (Å²) in [5.74, 6) is 0. The van der Waals surface area contributed by atoms with Crippen LogP contribution in [0.5, 0.6) is 0 Å². The molecular weight excluding hydrogens is 216 g/mol. The average molecular weight is 242 g/mol. The predicted molar refractivity (Wildman–Crippen MR) is 83.1 cm³/mol. The Kier molecular flexibility index (Phi) is 8.65. The van der Waals surface area contributed by atoms with Crippen LogP contribution < -0.4 is 0 Å². The highest BCUT2D eigenvalue weighted by Crippen LogP contribution is 2.02. The van der Waals surface area contributed by atoms with Crippen molar-refractivity contribution in [3.05, 3.63) is 71.3 Å². The average Bonchev–Trinajstić information content (AvgIpc) is 2.41. The third-order valence-corrected chi connectivity index (χ3v) is 2.78.